The third-order valence-electron chi connectivity index (χ3n) is 1.75. The van der Waals surface area contributed by atoms with E-state index >= 15 is 0 Å². The van der Waals surface area contributed by atoms with Crippen molar-refractivity contribution in [3.63, 3.8) is 0 Å². The van der Waals surface area contributed by atoms with Crippen LogP contribution in [0.1, 0.15) is 13.8 Å². The van der Waals surface area contributed by atoms with Gasteiger partial charge in [-0.25, -0.2) is 4.79 Å². The van der Waals surface area contributed by atoms with E-state index in [1.165, 1.54) is 0 Å². The van der Waals surface area contributed by atoms with Crippen LogP contribution in [0.3, 0.4) is 0 Å². The molecule has 0 bridgehead atoms. The van der Waals surface area contributed by atoms with Gasteiger partial charge in [0.05, 0.1) is 12.3 Å². The number of ether oxygens (including phenoxy) is 1. The van der Waals surface area contributed by atoms with Gasteiger partial charge in [-0.3, -0.25) is 5.43 Å². The molecule has 0 unspecified atom stereocenters. The molecule has 0 radical (unpaired) electrons. The second-order valence-corrected chi connectivity index (χ2v) is 3.48. The second kappa shape index (κ2) is 6.12. The van der Waals surface area contributed by atoms with Crippen molar-refractivity contribution in [2.45, 2.75) is 13.8 Å². The average Bonchev–Trinajstić information content (AvgIpc) is 2.26. The number of benzene rings is 1. The Balaban J connectivity index is 2.62. The van der Waals surface area contributed by atoms with Gasteiger partial charge >= 0.3 is 5.97 Å². The first-order valence-corrected chi connectivity index (χ1v) is 5.24. The highest BCUT2D eigenvalue weighted by molar-refractivity contribution is 6.35. The summed E-state index contributed by atoms with van der Waals surface area (Å²) in [6.45, 7) is 3.66. The first-order valence-electron chi connectivity index (χ1n) is 4.86. The minimum atomic E-state index is -0.433. The van der Waals surface area contributed by atoms with Crippen molar-refractivity contribution in [3.8, 4) is 0 Å². The van der Waals surface area contributed by atoms with Crippen LogP contribution < -0.4 is 5.43 Å². The van der Waals surface area contributed by atoms with Crippen LogP contribution in [0.2, 0.25) is 5.02 Å². The number of carbonyl (C=O) groups excluding carboxylic acids is 1. The van der Waals surface area contributed by atoms with Crippen LogP contribution in [-0.2, 0) is 9.53 Å². The number of halogens is 1. The fourth-order valence-corrected chi connectivity index (χ4v) is 1.18. The van der Waals surface area contributed by atoms with Crippen LogP contribution in [0.15, 0.2) is 29.4 Å². The lowest BCUT2D eigenvalue weighted by Crippen LogP contribution is -2.15. The fraction of sp³-hybridized carbons (Fsp3) is 0.273. The van der Waals surface area contributed by atoms with Gasteiger partial charge in [0.15, 0.2) is 0 Å². The van der Waals surface area contributed by atoms with Crippen LogP contribution >= 0.6 is 11.6 Å². The van der Waals surface area contributed by atoms with Crippen molar-refractivity contribution < 1.29 is 9.53 Å². The zero-order chi connectivity index (χ0) is 12.0. The maximum absolute atomic E-state index is 11.2. The lowest BCUT2D eigenvalue weighted by molar-refractivity contribution is -0.135. The summed E-state index contributed by atoms with van der Waals surface area (Å²) in [5.74, 6) is -0.433. The molecule has 0 heterocycles. The molecule has 86 valence electrons. The molecule has 0 aliphatic heterocycles. The highest BCUT2D eigenvalue weighted by atomic mass is 35.5. The molecule has 0 spiro atoms. The van der Waals surface area contributed by atoms with E-state index in [0.29, 0.717) is 11.6 Å². The zero-order valence-corrected chi connectivity index (χ0v) is 9.91. The SMILES string of the molecule is CCOC(=O)/C(C)=N\Nc1cccc(Cl)c1. The van der Waals surface area contributed by atoms with Crippen molar-refractivity contribution in [3.05, 3.63) is 29.3 Å². The van der Waals surface area contributed by atoms with E-state index in [1.54, 1.807) is 38.1 Å². The van der Waals surface area contributed by atoms with E-state index in [1.807, 2.05) is 0 Å². The van der Waals surface area contributed by atoms with Crippen molar-refractivity contribution in [1.29, 1.82) is 0 Å². The molecule has 16 heavy (non-hydrogen) atoms. The Morgan fingerprint density at radius 3 is 2.94 bits per heavy atom. The number of hydrogen-bond acceptors (Lipinski definition) is 4. The lowest BCUT2D eigenvalue weighted by atomic mass is 10.3. The molecule has 0 aromatic heterocycles. The van der Waals surface area contributed by atoms with Crippen LogP contribution in [-0.4, -0.2) is 18.3 Å². The number of esters is 1. The fourth-order valence-electron chi connectivity index (χ4n) is 0.988. The standard InChI is InChI=1S/C11H13ClN2O2/c1-3-16-11(15)8(2)13-14-10-6-4-5-9(12)7-10/h4-7,14H,3H2,1-2H3/b13-8-. The molecular formula is C11H13ClN2O2. The van der Waals surface area contributed by atoms with E-state index in [4.69, 9.17) is 16.3 Å². The maximum atomic E-state index is 11.2. The molecule has 0 amide bonds. The number of rotatable bonds is 4. The van der Waals surface area contributed by atoms with Gasteiger partial charge in [0.25, 0.3) is 0 Å². The molecule has 5 heteroatoms. The summed E-state index contributed by atoms with van der Waals surface area (Å²) >= 11 is 5.79. The van der Waals surface area contributed by atoms with Gasteiger partial charge in [0.2, 0.25) is 0 Å². The molecule has 0 atom stereocenters. The summed E-state index contributed by atoms with van der Waals surface area (Å²) < 4.78 is 4.78. The number of hydrogen-bond donors (Lipinski definition) is 1. The number of hydrazone groups is 1. The molecule has 1 rings (SSSR count). The molecule has 0 aliphatic rings. The largest absolute Gasteiger partial charge is 0.461 e. The van der Waals surface area contributed by atoms with E-state index in [2.05, 4.69) is 10.5 Å². The summed E-state index contributed by atoms with van der Waals surface area (Å²) in [6.07, 6.45) is 0. The van der Waals surface area contributed by atoms with Gasteiger partial charge in [0, 0.05) is 5.02 Å². The predicted octanol–water partition coefficient (Wildman–Crippen LogP) is 2.69. The Labute approximate surface area is 99.2 Å². The molecular weight excluding hydrogens is 228 g/mol. The third-order valence-corrected chi connectivity index (χ3v) is 1.98. The van der Waals surface area contributed by atoms with Crippen molar-refractivity contribution in [1.82, 2.24) is 0 Å². The Morgan fingerprint density at radius 2 is 2.31 bits per heavy atom. The zero-order valence-electron chi connectivity index (χ0n) is 9.16. The van der Waals surface area contributed by atoms with Gasteiger partial charge in [-0.1, -0.05) is 17.7 Å². The van der Waals surface area contributed by atoms with Gasteiger partial charge < -0.3 is 4.74 Å². The molecule has 0 fully saturated rings. The maximum Gasteiger partial charge on any atom is 0.354 e. The molecule has 1 aromatic rings. The number of nitrogens with zero attached hydrogens (tertiary/aromatic N) is 1. The summed E-state index contributed by atoms with van der Waals surface area (Å²) in [7, 11) is 0. The Kier molecular flexibility index (Phi) is 4.79. The second-order valence-electron chi connectivity index (χ2n) is 3.04. The van der Waals surface area contributed by atoms with Crippen LogP contribution in [0.5, 0.6) is 0 Å². The summed E-state index contributed by atoms with van der Waals surface area (Å²) in [5, 5.41) is 4.49. The van der Waals surface area contributed by atoms with Crippen LogP contribution in [0, 0.1) is 0 Å². The monoisotopic (exact) mass is 240 g/mol. The Morgan fingerprint density at radius 1 is 1.56 bits per heavy atom. The summed E-state index contributed by atoms with van der Waals surface area (Å²) in [6, 6.07) is 7.06. The van der Waals surface area contributed by atoms with Gasteiger partial charge in [0.1, 0.15) is 5.71 Å². The molecule has 4 nitrogen and oxygen atoms in total. The molecule has 0 saturated heterocycles. The highest BCUT2D eigenvalue weighted by Crippen LogP contribution is 2.14. The Hall–Kier alpha value is -1.55. The van der Waals surface area contributed by atoms with Gasteiger partial charge in [-0.05, 0) is 32.0 Å². The first-order chi connectivity index (χ1) is 7.63. The predicted molar refractivity (Wildman–Crippen MR) is 64.8 cm³/mol. The topological polar surface area (TPSA) is 50.7 Å². The minimum absolute atomic E-state index is 0.266. The molecule has 0 aliphatic carbocycles. The van der Waals surface area contributed by atoms with Crippen molar-refractivity contribution in [2.24, 2.45) is 5.10 Å². The summed E-state index contributed by atoms with van der Waals surface area (Å²) in [4.78, 5) is 11.2. The lowest BCUT2D eigenvalue weighted by Gasteiger charge is -2.03. The number of anilines is 1. The van der Waals surface area contributed by atoms with Gasteiger partial charge in [-0.15, -0.1) is 0 Å². The molecule has 1 N–H and O–H groups in total. The highest BCUT2D eigenvalue weighted by Gasteiger charge is 2.05. The minimum Gasteiger partial charge on any atom is -0.461 e. The van der Waals surface area contributed by atoms with Crippen LogP contribution in [0.25, 0.3) is 0 Å². The normalized spacial score (nSPS) is 11.1. The van der Waals surface area contributed by atoms with E-state index in [-0.39, 0.29) is 5.71 Å². The van der Waals surface area contributed by atoms with E-state index < -0.39 is 5.97 Å². The molecule has 1 aromatic carbocycles. The first kappa shape index (κ1) is 12.5. The number of carbonyl (C=O) groups is 1. The van der Waals surface area contributed by atoms with Crippen LogP contribution in [0.4, 0.5) is 5.69 Å². The quantitative estimate of drug-likeness (QED) is 0.500. The van der Waals surface area contributed by atoms with Gasteiger partial charge in [-0.2, -0.15) is 5.10 Å². The average molecular weight is 241 g/mol. The van der Waals surface area contributed by atoms with E-state index in [0.717, 1.165) is 5.69 Å². The van der Waals surface area contributed by atoms with Crippen molar-refractivity contribution >= 4 is 29.0 Å². The smallest absolute Gasteiger partial charge is 0.354 e. The van der Waals surface area contributed by atoms with Crippen molar-refractivity contribution in [2.75, 3.05) is 12.0 Å². The van der Waals surface area contributed by atoms with E-state index in [9.17, 15) is 4.79 Å². The number of nitrogens with one attached hydrogen (secondary N) is 1. The third kappa shape index (κ3) is 3.90. The Bertz CT molecular complexity index is 405. The summed E-state index contributed by atoms with van der Waals surface area (Å²) in [5.41, 5.74) is 3.71. The molecule has 0 saturated carbocycles.